The summed E-state index contributed by atoms with van der Waals surface area (Å²) < 4.78 is 5.74. The molecule has 0 radical (unpaired) electrons. The number of carboxylic acid groups (broad SMARTS) is 1. The van der Waals surface area contributed by atoms with Crippen LogP contribution in [0.2, 0.25) is 0 Å². The maximum absolute atomic E-state index is 11.7. The Bertz CT molecular complexity index is 678. The molecule has 1 heterocycles. The zero-order valence-electron chi connectivity index (χ0n) is 11.3. The Kier molecular flexibility index (Phi) is 2.43. The molecule has 1 aromatic carbocycles. The van der Waals surface area contributed by atoms with Crippen LogP contribution in [0.5, 0.6) is 0 Å². The van der Waals surface area contributed by atoms with Crippen molar-refractivity contribution in [2.75, 3.05) is 0 Å². The highest BCUT2D eigenvalue weighted by Crippen LogP contribution is 2.43. The van der Waals surface area contributed by atoms with Gasteiger partial charge in [0, 0.05) is 5.92 Å². The Morgan fingerprint density at radius 3 is 2.70 bits per heavy atom. The van der Waals surface area contributed by atoms with Gasteiger partial charge in [-0.25, -0.2) is 4.98 Å². The molecule has 2 fully saturated rings. The van der Waals surface area contributed by atoms with E-state index in [1.54, 1.807) is 0 Å². The predicted octanol–water partition coefficient (Wildman–Crippen LogP) is 3.60. The molecule has 0 atom stereocenters. The summed E-state index contributed by atoms with van der Waals surface area (Å²) in [5.74, 6) is 0.582. The van der Waals surface area contributed by atoms with Crippen molar-refractivity contribution in [1.82, 2.24) is 4.98 Å². The fraction of sp³-hybridized carbons (Fsp3) is 0.500. The van der Waals surface area contributed by atoms with Crippen LogP contribution in [0, 0.1) is 0 Å². The number of fused-ring (bicyclic) bond motifs is 1. The first-order valence-electron chi connectivity index (χ1n) is 7.33. The van der Waals surface area contributed by atoms with Crippen molar-refractivity contribution in [3.63, 3.8) is 0 Å². The van der Waals surface area contributed by atoms with Gasteiger partial charge in [-0.3, -0.25) is 4.79 Å². The molecular formula is C16H17NO3. The lowest BCUT2D eigenvalue weighted by Gasteiger charge is -2.24. The Labute approximate surface area is 116 Å². The van der Waals surface area contributed by atoms with Gasteiger partial charge in [-0.15, -0.1) is 0 Å². The van der Waals surface area contributed by atoms with E-state index in [2.05, 4.69) is 4.98 Å². The minimum absolute atomic E-state index is 0.478. The highest BCUT2D eigenvalue weighted by atomic mass is 16.4. The highest BCUT2D eigenvalue weighted by molar-refractivity contribution is 5.84. The Hall–Kier alpha value is -1.84. The van der Waals surface area contributed by atoms with E-state index in [1.807, 2.05) is 18.2 Å². The maximum Gasteiger partial charge on any atom is 0.314 e. The first kappa shape index (κ1) is 11.9. The molecule has 0 bridgehead atoms. The van der Waals surface area contributed by atoms with Gasteiger partial charge in [-0.2, -0.15) is 0 Å². The standard InChI is InChI=1S/C16H17NO3/c18-15(19)16(7-1-2-8-16)11-5-6-13-12(9-11)17-14(20-13)10-3-4-10/h5-6,9-10H,1-4,7-8H2,(H,18,19). The van der Waals surface area contributed by atoms with E-state index < -0.39 is 11.4 Å². The van der Waals surface area contributed by atoms with E-state index in [9.17, 15) is 9.90 Å². The second kappa shape index (κ2) is 4.08. The van der Waals surface area contributed by atoms with Gasteiger partial charge in [-0.1, -0.05) is 18.9 Å². The van der Waals surface area contributed by atoms with Crippen LogP contribution in [0.4, 0.5) is 0 Å². The van der Waals surface area contributed by atoms with E-state index in [4.69, 9.17) is 4.42 Å². The molecule has 2 saturated carbocycles. The van der Waals surface area contributed by atoms with E-state index in [0.717, 1.165) is 61.1 Å². The smallest absolute Gasteiger partial charge is 0.314 e. The van der Waals surface area contributed by atoms with Crippen molar-refractivity contribution in [3.05, 3.63) is 29.7 Å². The zero-order valence-corrected chi connectivity index (χ0v) is 11.3. The third kappa shape index (κ3) is 1.67. The Morgan fingerprint density at radius 1 is 1.30 bits per heavy atom. The number of aromatic nitrogens is 1. The zero-order chi connectivity index (χ0) is 13.7. The summed E-state index contributed by atoms with van der Waals surface area (Å²) in [5.41, 5.74) is 1.74. The Balaban J connectivity index is 1.81. The average Bonchev–Trinajstić information content (AvgIpc) is 3.02. The van der Waals surface area contributed by atoms with Gasteiger partial charge in [-0.05, 0) is 43.4 Å². The summed E-state index contributed by atoms with van der Waals surface area (Å²) in [6.45, 7) is 0. The lowest BCUT2D eigenvalue weighted by Crippen LogP contribution is -2.32. The second-order valence-corrected chi connectivity index (χ2v) is 6.10. The molecule has 1 aromatic heterocycles. The SMILES string of the molecule is O=C(O)C1(c2ccc3oc(C4CC4)nc3c2)CCCC1. The third-order valence-corrected chi connectivity index (χ3v) is 4.75. The molecule has 2 aromatic rings. The monoisotopic (exact) mass is 271 g/mol. The van der Waals surface area contributed by atoms with Crippen LogP contribution in [0.25, 0.3) is 11.1 Å². The summed E-state index contributed by atoms with van der Waals surface area (Å²) in [5, 5.41) is 9.65. The van der Waals surface area contributed by atoms with Crippen molar-refractivity contribution in [1.29, 1.82) is 0 Å². The first-order valence-corrected chi connectivity index (χ1v) is 7.33. The molecule has 0 aliphatic heterocycles. The molecule has 4 heteroatoms. The van der Waals surface area contributed by atoms with E-state index >= 15 is 0 Å². The molecule has 0 spiro atoms. The molecule has 104 valence electrons. The average molecular weight is 271 g/mol. The number of rotatable bonds is 3. The van der Waals surface area contributed by atoms with E-state index in [0.29, 0.717) is 5.92 Å². The normalized spacial score (nSPS) is 21.4. The van der Waals surface area contributed by atoms with E-state index in [1.165, 1.54) is 0 Å². The molecule has 0 unspecified atom stereocenters. The first-order chi connectivity index (χ1) is 9.69. The minimum Gasteiger partial charge on any atom is -0.481 e. The van der Waals surface area contributed by atoms with Crippen LogP contribution in [-0.2, 0) is 10.2 Å². The van der Waals surface area contributed by atoms with Crippen LogP contribution < -0.4 is 0 Å². The number of carboxylic acids is 1. The van der Waals surface area contributed by atoms with Crippen LogP contribution >= 0.6 is 0 Å². The van der Waals surface area contributed by atoms with Crippen molar-refractivity contribution in [3.8, 4) is 0 Å². The molecule has 1 N–H and O–H groups in total. The summed E-state index contributed by atoms with van der Waals surface area (Å²) in [4.78, 5) is 16.3. The van der Waals surface area contributed by atoms with Crippen LogP contribution in [0.3, 0.4) is 0 Å². The molecule has 20 heavy (non-hydrogen) atoms. The van der Waals surface area contributed by atoms with Crippen molar-refractivity contribution < 1.29 is 14.3 Å². The van der Waals surface area contributed by atoms with Gasteiger partial charge in [0.15, 0.2) is 11.5 Å². The summed E-state index contributed by atoms with van der Waals surface area (Å²) in [7, 11) is 0. The fourth-order valence-corrected chi connectivity index (χ4v) is 3.35. The van der Waals surface area contributed by atoms with Crippen LogP contribution in [-0.4, -0.2) is 16.1 Å². The van der Waals surface area contributed by atoms with Crippen molar-refractivity contribution >= 4 is 17.1 Å². The Morgan fingerprint density at radius 2 is 2.05 bits per heavy atom. The number of hydrogen-bond acceptors (Lipinski definition) is 3. The number of benzene rings is 1. The topological polar surface area (TPSA) is 63.3 Å². The third-order valence-electron chi connectivity index (χ3n) is 4.75. The lowest BCUT2D eigenvalue weighted by molar-refractivity contribution is -0.143. The summed E-state index contributed by atoms with van der Waals surface area (Å²) >= 11 is 0. The number of carbonyl (C=O) groups is 1. The van der Waals surface area contributed by atoms with Gasteiger partial charge in [0.05, 0.1) is 5.41 Å². The van der Waals surface area contributed by atoms with Gasteiger partial charge in [0.1, 0.15) is 5.52 Å². The number of oxazole rings is 1. The fourth-order valence-electron chi connectivity index (χ4n) is 3.35. The van der Waals surface area contributed by atoms with Gasteiger partial charge < -0.3 is 9.52 Å². The molecule has 4 rings (SSSR count). The maximum atomic E-state index is 11.7. The number of nitrogens with zero attached hydrogens (tertiary/aromatic N) is 1. The molecule has 0 saturated heterocycles. The van der Waals surface area contributed by atoms with Crippen molar-refractivity contribution in [2.45, 2.75) is 49.9 Å². The molecule has 2 aliphatic carbocycles. The number of hydrogen-bond donors (Lipinski definition) is 1. The second-order valence-electron chi connectivity index (χ2n) is 6.10. The largest absolute Gasteiger partial charge is 0.481 e. The summed E-state index contributed by atoms with van der Waals surface area (Å²) in [6.07, 6.45) is 5.72. The summed E-state index contributed by atoms with van der Waals surface area (Å²) in [6, 6.07) is 5.71. The minimum atomic E-state index is -0.715. The lowest BCUT2D eigenvalue weighted by atomic mass is 9.79. The van der Waals surface area contributed by atoms with Crippen LogP contribution in [0.1, 0.15) is 55.9 Å². The van der Waals surface area contributed by atoms with Crippen LogP contribution in [0.15, 0.2) is 22.6 Å². The van der Waals surface area contributed by atoms with Gasteiger partial charge in [0.25, 0.3) is 0 Å². The highest BCUT2D eigenvalue weighted by Gasteiger charge is 2.43. The quantitative estimate of drug-likeness (QED) is 0.926. The van der Waals surface area contributed by atoms with Gasteiger partial charge >= 0.3 is 5.97 Å². The number of aliphatic carboxylic acids is 1. The predicted molar refractivity (Wildman–Crippen MR) is 73.8 cm³/mol. The molecule has 4 nitrogen and oxygen atoms in total. The van der Waals surface area contributed by atoms with E-state index in [-0.39, 0.29) is 0 Å². The molecule has 0 amide bonds. The molecular weight excluding hydrogens is 254 g/mol. The molecule has 2 aliphatic rings. The van der Waals surface area contributed by atoms with Gasteiger partial charge in [0.2, 0.25) is 0 Å². The van der Waals surface area contributed by atoms with Crippen molar-refractivity contribution in [2.24, 2.45) is 0 Å².